The normalized spacial score (nSPS) is 19.2. The van der Waals surface area contributed by atoms with Crippen LogP contribution >= 0.6 is 0 Å². The van der Waals surface area contributed by atoms with Gasteiger partial charge in [-0.2, -0.15) is 13.2 Å². The summed E-state index contributed by atoms with van der Waals surface area (Å²) < 4.78 is 83.7. The Morgan fingerprint density at radius 3 is 2.38 bits per heavy atom. The average Bonchev–Trinajstić information content (AvgIpc) is 3.55. The van der Waals surface area contributed by atoms with Crippen LogP contribution in [-0.2, 0) is 16.2 Å². The fourth-order valence-corrected chi connectivity index (χ4v) is 6.36. The third-order valence-corrected chi connectivity index (χ3v) is 9.23. The molecule has 42 heavy (non-hydrogen) atoms. The molecule has 2 fully saturated rings. The molecule has 228 valence electrons. The van der Waals surface area contributed by atoms with Crippen LogP contribution in [0.25, 0.3) is 17.1 Å². The molecular formula is C27H34F4N8O2S. The molecule has 15 heteroatoms. The van der Waals surface area contributed by atoms with E-state index in [0.29, 0.717) is 30.9 Å². The van der Waals surface area contributed by atoms with Crippen molar-refractivity contribution in [2.24, 2.45) is 0 Å². The predicted molar refractivity (Wildman–Crippen MR) is 152 cm³/mol. The van der Waals surface area contributed by atoms with Gasteiger partial charge in [-0.25, -0.2) is 32.1 Å². The van der Waals surface area contributed by atoms with E-state index in [1.807, 2.05) is 14.1 Å². The molecule has 0 bridgehead atoms. The molecule has 2 aromatic heterocycles. The number of rotatable bonds is 7. The highest BCUT2D eigenvalue weighted by Crippen LogP contribution is 2.36. The number of sulfonamides is 1. The number of nitrogens with zero attached hydrogens (tertiary/aromatic N) is 7. The van der Waals surface area contributed by atoms with Crippen molar-refractivity contribution in [1.29, 1.82) is 0 Å². The first kappa shape index (κ1) is 30.2. The summed E-state index contributed by atoms with van der Waals surface area (Å²) >= 11 is 0. The van der Waals surface area contributed by atoms with Crippen LogP contribution in [0.3, 0.4) is 0 Å². The third-order valence-electron chi connectivity index (χ3n) is 7.92. The molecule has 4 heterocycles. The van der Waals surface area contributed by atoms with Crippen LogP contribution in [0.5, 0.6) is 0 Å². The minimum atomic E-state index is -4.75. The maximum atomic E-state index is 15.4. The minimum absolute atomic E-state index is 0.0276. The Bertz CT molecular complexity index is 1550. The molecule has 2 aliphatic rings. The molecule has 0 unspecified atom stereocenters. The number of piperidine rings is 1. The smallest absolute Gasteiger partial charge is 0.370 e. The van der Waals surface area contributed by atoms with Crippen LogP contribution in [0, 0.1) is 12.7 Å². The van der Waals surface area contributed by atoms with Gasteiger partial charge in [-0.05, 0) is 58.5 Å². The van der Waals surface area contributed by atoms with E-state index in [4.69, 9.17) is 0 Å². The first-order chi connectivity index (χ1) is 19.7. The second-order valence-electron chi connectivity index (χ2n) is 11.1. The highest BCUT2D eigenvalue weighted by Gasteiger charge is 2.37. The number of benzene rings is 1. The van der Waals surface area contributed by atoms with Gasteiger partial charge in [0, 0.05) is 56.3 Å². The van der Waals surface area contributed by atoms with E-state index >= 15 is 4.39 Å². The van der Waals surface area contributed by atoms with E-state index in [1.54, 1.807) is 19.1 Å². The van der Waals surface area contributed by atoms with E-state index in [2.05, 4.69) is 30.1 Å². The fourth-order valence-electron chi connectivity index (χ4n) is 5.48. The first-order valence-corrected chi connectivity index (χ1v) is 15.5. The minimum Gasteiger partial charge on any atom is -0.370 e. The Kier molecular flexibility index (Phi) is 8.20. The van der Waals surface area contributed by atoms with Crippen molar-refractivity contribution >= 4 is 21.7 Å². The van der Waals surface area contributed by atoms with Crippen LogP contribution in [0.4, 0.5) is 29.2 Å². The number of hydrogen-bond acceptors (Lipinski definition) is 8. The van der Waals surface area contributed by atoms with Crippen LogP contribution in [0.15, 0.2) is 30.6 Å². The molecule has 0 radical (unpaired) electrons. The second kappa shape index (κ2) is 11.4. The Hall–Kier alpha value is -3.30. The monoisotopic (exact) mass is 610 g/mol. The summed E-state index contributed by atoms with van der Waals surface area (Å²) in [7, 11) is 0.714. The zero-order valence-electron chi connectivity index (χ0n) is 23.9. The number of aromatic nitrogens is 4. The molecule has 1 N–H and O–H groups in total. The summed E-state index contributed by atoms with van der Waals surface area (Å²) in [5.41, 5.74) is -0.665. The standard InChI is InChI=1S/C27H34F4N8O2S/c1-17-33-23(16-39(17)24-6-5-19(13-22(24)28)37-10-9-20(15-37)36(2)3)25-21(27(29,30)31)14-32-26(35-25)34-18-7-11-38(12-8-18)42(4,40)41/h5-6,13-14,16,18,20H,7-12,15H2,1-4H3,(H,32,34,35)/t20-/m0/s1. The topological polar surface area (TPSA) is 99.5 Å². The van der Waals surface area contributed by atoms with Crippen molar-refractivity contribution in [2.75, 3.05) is 56.7 Å². The van der Waals surface area contributed by atoms with Crippen LogP contribution in [0.2, 0.25) is 0 Å². The molecule has 2 saturated heterocycles. The number of imidazole rings is 1. The fraction of sp³-hybridized carbons (Fsp3) is 0.519. The number of aryl methyl sites for hydroxylation is 1. The Morgan fingerprint density at radius 1 is 1.07 bits per heavy atom. The lowest BCUT2D eigenvalue weighted by atomic mass is 10.1. The van der Waals surface area contributed by atoms with Crippen molar-refractivity contribution < 1.29 is 26.0 Å². The molecule has 0 amide bonds. The predicted octanol–water partition coefficient (Wildman–Crippen LogP) is 3.77. The van der Waals surface area contributed by atoms with Crippen molar-refractivity contribution in [1.82, 2.24) is 28.7 Å². The first-order valence-electron chi connectivity index (χ1n) is 13.6. The van der Waals surface area contributed by atoms with E-state index in [-0.39, 0.29) is 36.5 Å². The highest BCUT2D eigenvalue weighted by molar-refractivity contribution is 7.88. The van der Waals surface area contributed by atoms with Gasteiger partial charge in [-0.1, -0.05) is 0 Å². The quantitative estimate of drug-likeness (QED) is 0.404. The van der Waals surface area contributed by atoms with Crippen molar-refractivity contribution in [3.8, 4) is 17.1 Å². The van der Waals surface area contributed by atoms with Crippen LogP contribution < -0.4 is 10.2 Å². The number of halogens is 4. The van der Waals surface area contributed by atoms with Gasteiger partial charge in [0.1, 0.15) is 28.6 Å². The number of likely N-dealkylation sites (N-methyl/N-ethyl adjacent to an activating group) is 1. The molecule has 1 aromatic carbocycles. The zero-order valence-corrected chi connectivity index (χ0v) is 24.7. The van der Waals surface area contributed by atoms with Crippen molar-refractivity contribution in [3.05, 3.63) is 47.8 Å². The summed E-state index contributed by atoms with van der Waals surface area (Å²) in [5.74, 6) is -0.255. The molecule has 0 aliphatic carbocycles. The van der Waals surface area contributed by atoms with Gasteiger partial charge in [0.05, 0.1) is 11.9 Å². The second-order valence-corrected chi connectivity index (χ2v) is 13.0. The summed E-state index contributed by atoms with van der Waals surface area (Å²) in [5, 5.41) is 3.03. The van der Waals surface area contributed by atoms with Gasteiger partial charge >= 0.3 is 6.18 Å². The molecule has 0 saturated carbocycles. The van der Waals surface area contributed by atoms with Gasteiger partial charge in [-0.3, -0.25) is 0 Å². The summed E-state index contributed by atoms with van der Waals surface area (Å²) in [6.07, 6.45) is 0.304. The van der Waals surface area contributed by atoms with Gasteiger partial charge in [-0.15, -0.1) is 0 Å². The summed E-state index contributed by atoms with van der Waals surface area (Å²) in [6, 6.07) is 5.00. The van der Waals surface area contributed by atoms with Gasteiger partial charge in [0.15, 0.2) is 0 Å². The van der Waals surface area contributed by atoms with Gasteiger partial charge in [0.2, 0.25) is 16.0 Å². The molecule has 0 spiro atoms. The van der Waals surface area contributed by atoms with Crippen molar-refractivity contribution in [2.45, 2.75) is 44.4 Å². The van der Waals surface area contributed by atoms with E-state index in [1.165, 1.54) is 21.1 Å². The number of nitrogens with one attached hydrogen (secondary N) is 1. The van der Waals surface area contributed by atoms with Gasteiger partial charge < -0.3 is 19.7 Å². The molecular weight excluding hydrogens is 576 g/mol. The average molecular weight is 611 g/mol. The van der Waals surface area contributed by atoms with Gasteiger partial charge in [0.25, 0.3) is 0 Å². The third kappa shape index (κ3) is 6.37. The number of anilines is 2. The maximum absolute atomic E-state index is 15.4. The van der Waals surface area contributed by atoms with Crippen LogP contribution in [0.1, 0.15) is 30.7 Å². The molecule has 10 nitrogen and oxygen atoms in total. The van der Waals surface area contributed by atoms with Crippen molar-refractivity contribution in [3.63, 3.8) is 0 Å². The highest BCUT2D eigenvalue weighted by atomic mass is 32.2. The number of alkyl halides is 3. The SMILES string of the molecule is Cc1nc(-c2nc(NC3CCN(S(C)(=O)=O)CC3)ncc2C(F)(F)F)cn1-c1ccc(N2CC[C@H](N(C)C)C2)cc1F. The Balaban J connectivity index is 1.41. The molecule has 5 rings (SSSR count). The van der Waals surface area contributed by atoms with E-state index < -0.39 is 33.3 Å². The van der Waals surface area contributed by atoms with E-state index in [9.17, 15) is 21.6 Å². The van der Waals surface area contributed by atoms with E-state index in [0.717, 1.165) is 31.5 Å². The lowest BCUT2D eigenvalue weighted by Crippen LogP contribution is -2.42. The lowest BCUT2D eigenvalue weighted by molar-refractivity contribution is -0.137. The summed E-state index contributed by atoms with van der Waals surface area (Å²) in [4.78, 5) is 16.6. The molecule has 2 aliphatic heterocycles. The lowest BCUT2D eigenvalue weighted by Gasteiger charge is -2.30. The Labute approximate surface area is 242 Å². The molecule has 3 aromatic rings. The molecule has 1 atom stereocenters. The largest absolute Gasteiger partial charge is 0.420 e. The van der Waals surface area contributed by atoms with Crippen LogP contribution in [-0.4, -0.2) is 95.8 Å². The zero-order chi connectivity index (χ0) is 30.4. The number of hydrogen-bond donors (Lipinski definition) is 1. The maximum Gasteiger partial charge on any atom is 0.420 e. The summed E-state index contributed by atoms with van der Waals surface area (Å²) in [6.45, 7) is 3.73. The Morgan fingerprint density at radius 2 is 1.79 bits per heavy atom.